The third-order valence-electron chi connectivity index (χ3n) is 4.75. The standard InChI is InChI=1S/C22H27BrN6O5/c1-5-32-16-8-7-15(11-17(16)33-6-2)20(30)24-9-10-25-21(31)22-26-18(28-34-22)12-29-14(4)19(23)13(3)27-29/h7-8,11H,5-6,9-10,12H2,1-4H3,(H,24,30)(H,25,31). The predicted molar refractivity (Wildman–Crippen MR) is 126 cm³/mol. The van der Waals surface area contributed by atoms with Crippen molar-refractivity contribution in [1.29, 1.82) is 0 Å². The van der Waals surface area contributed by atoms with E-state index in [0.717, 1.165) is 15.9 Å². The fourth-order valence-corrected chi connectivity index (χ4v) is 3.38. The zero-order valence-electron chi connectivity index (χ0n) is 19.5. The maximum absolute atomic E-state index is 12.4. The van der Waals surface area contributed by atoms with E-state index in [0.29, 0.717) is 36.1 Å². The molecule has 0 atom stereocenters. The van der Waals surface area contributed by atoms with Gasteiger partial charge >= 0.3 is 11.8 Å². The molecule has 2 N–H and O–H groups in total. The first-order valence-electron chi connectivity index (χ1n) is 10.8. The lowest BCUT2D eigenvalue weighted by molar-refractivity contribution is 0.0898. The first-order chi connectivity index (χ1) is 16.3. The van der Waals surface area contributed by atoms with Crippen LogP contribution in [0.5, 0.6) is 11.5 Å². The molecule has 1 aromatic carbocycles. The highest BCUT2D eigenvalue weighted by Gasteiger charge is 2.17. The van der Waals surface area contributed by atoms with Crippen molar-refractivity contribution < 1.29 is 23.6 Å². The van der Waals surface area contributed by atoms with E-state index in [1.165, 1.54) is 0 Å². The number of benzene rings is 1. The number of ether oxygens (including phenoxy) is 2. The van der Waals surface area contributed by atoms with Crippen LogP contribution in [-0.4, -0.2) is 58.0 Å². The second-order valence-corrected chi connectivity index (χ2v) is 7.99. The first kappa shape index (κ1) is 25.2. The van der Waals surface area contributed by atoms with Gasteiger partial charge in [0, 0.05) is 18.7 Å². The third kappa shape index (κ3) is 6.13. The molecule has 2 heterocycles. The molecule has 0 aliphatic carbocycles. The van der Waals surface area contributed by atoms with Crippen molar-refractivity contribution in [1.82, 2.24) is 30.6 Å². The Morgan fingerprint density at radius 3 is 2.38 bits per heavy atom. The van der Waals surface area contributed by atoms with Crippen LogP contribution in [0.25, 0.3) is 0 Å². The van der Waals surface area contributed by atoms with Crippen LogP contribution in [0.4, 0.5) is 0 Å². The molecule has 3 aromatic rings. The maximum Gasteiger partial charge on any atom is 0.316 e. The van der Waals surface area contributed by atoms with Crippen LogP contribution in [0.3, 0.4) is 0 Å². The fourth-order valence-electron chi connectivity index (χ4n) is 3.10. The summed E-state index contributed by atoms with van der Waals surface area (Å²) in [5.41, 5.74) is 2.20. The number of halogens is 1. The third-order valence-corrected chi connectivity index (χ3v) is 5.90. The van der Waals surface area contributed by atoms with Crippen molar-refractivity contribution in [2.75, 3.05) is 26.3 Å². The fraction of sp³-hybridized carbons (Fsp3) is 0.409. The second-order valence-electron chi connectivity index (χ2n) is 7.20. The Kier molecular flexibility index (Phi) is 8.63. The quantitative estimate of drug-likeness (QED) is 0.358. The average molecular weight is 535 g/mol. The van der Waals surface area contributed by atoms with E-state index in [1.54, 1.807) is 22.9 Å². The first-order valence-corrected chi connectivity index (χ1v) is 11.6. The number of amides is 2. The van der Waals surface area contributed by atoms with Gasteiger partial charge in [-0.15, -0.1) is 0 Å². The number of nitrogens with zero attached hydrogens (tertiary/aromatic N) is 4. The van der Waals surface area contributed by atoms with Crippen LogP contribution >= 0.6 is 15.9 Å². The predicted octanol–water partition coefficient (Wildman–Crippen LogP) is 2.65. The topological polar surface area (TPSA) is 133 Å². The lowest BCUT2D eigenvalue weighted by Crippen LogP contribution is -2.34. The maximum atomic E-state index is 12.4. The number of rotatable bonds is 11. The summed E-state index contributed by atoms with van der Waals surface area (Å²) in [6.45, 7) is 9.14. The van der Waals surface area contributed by atoms with Crippen LogP contribution in [0.1, 0.15) is 52.1 Å². The lowest BCUT2D eigenvalue weighted by atomic mass is 10.2. The molecule has 0 fully saturated rings. The summed E-state index contributed by atoms with van der Waals surface area (Å²) in [5.74, 6) is 0.437. The Balaban J connectivity index is 1.48. The van der Waals surface area contributed by atoms with Crippen LogP contribution in [0.15, 0.2) is 27.2 Å². The summed E-state index contributed by atoms with van der Waals surface area (Å²) in [6, 6.07) is 4.98. The van der Waals surface area contributed by atoms with Crippen LogP contribution in [-0.2, 0) is 6.54 Å². The van der Waals surface area contributed by atoms with Crippen LogP contribution < -0.4 is 20.1 Å². The molecule has 0 unspecified atom stereocenters. The number of hydrogen-bond acceptors (Lipinski definition) is 8. The molecule has 0 saturated heterocycles. The van der Waals surface area contributed by atoms with Crippen LogP contribution in [0, 0.1) is 13.8 Å². The van der Waals surface area contributed by atoms with Gasteiger partial charge < -0.3 is 24.6 Å². The normalized spacial score (nSPS) is 10.7. The molecule has 0 spiro atoms. The van der Waals surface area contributed by atoms with Gasteiger partial charge in [0.15, 0.2) is 17.3 Å². The summed E-state index contributed by atoms with van der Waals surface area (Å²) in [7, 11) is 0. The average Bonchev–Trinajstić information content (AvgIpc) is 3.38. The number of carbonyl (C=O) groups is 2. The SMILES string of the molecule is CCOc1ccc(C(=O)NCCNC(=O)c2nc(Cn3nc(C)c(Br)c3C)no2)cc1OCC. The van der Waals surface area contributed by atoms with Gasteiger partial charge in [0.25, 0.3) is 5.91 Å². The van der Waals surface area contributed by atoms with E-state index in [4.69, 9.17) is 14.0 Å². The van der Waals surface area contributed by atoms with Crippen LogP contribution in [0.2, 0.25) is 0 Å². The summed E-state index contributed by atoms with van der Waals surface area (Å²) in [6.07, 6.45) is 0. The van der Waals surface area contributed by atoms with E-state index in [-0.39, 0.29) is 31.4 Å². The van der Waals surface area contributed by atoms with Gasteiger partial charge in [-0.1, -0.05) is 5.16 Å². The highest BCUT2D eigenvalue weighted by Crippen LogP contribution is 2.28. The van der Waals surface area contributed by atoms with Gasteiger partial charge in [0.05, 0.1) is 29.1 Å². The Hall–Kier alpha value is -3.41. The Morgan fingerprint density at radius 2 is 1.74 bits per heavy atom. The number of hydrogen-bond donors (Lipinski definition) is 2. The molecule has 0 bridgehead atoms. The van der Waals surface area contributed by atoms with E-state index >= 15 is 0 Å². The molecule has 0 saturated carbocycles. The zero-order valence-corrected chi connectivity index (χ0v) is 21.1. The number of aryl methyl sites for hydroxylation is 1. The number of aromatic nitrogens is 4. The second kappa shape index (κ2) is 11.6. The van der Waals surface area contributed by atoms with Gasteiger partial charge in [-0.2, -0.15) is 10.1 Å². The van der Waals surface area contributed by atoms with Crippen molar-refractivity contribution in [2.45, 2.75) is 34.2 Å². The highest BCUT2D eigenvalue weighted by molar-refractivity contribution is 9.10. The summed E-state index contributed by atoms with van der Waals surface area (Å²) in [4.78, 5) is 28.8. The Bertz CT molecular complexity index is 1160. The van der Waals surface area contributed by atoms with Gasteiger partial charge in [0.1, 0.15) is 6.54 Å². The monoisotopic (exact) mass is 534 g/mol. The molecule has 3 rings (SSSR count). The number of carbonyl (C=O) groups excluding carboxylic acids is 2. The smallest absolute Gasteiger partial charge is 0.316 e. The van der Waals surface area contributed by atoms with Crippen molar-refractivity contribution >= 4 is 27.7 Å². The molecule has 182 valence electrons. The van der Waals surface area contributed by atoms with E-state index < -0.39 is 5.91 Å². The van der Waals surface area contributed by atoms with E-state index in [1.807, 2.05) is 27.7 Å². The minimum Gasteiger partial charge on any atom is -0.490 e. The van der Waals surface area contributed by atoms with Crippen molar-refractivity contribution in [3.05, 3.63) is 51.3 Å². The summed E-state index contributed by atoms with van der Waals surface area (Å²) >= 11 is 3.47. The lowest BCUT2D eigenvalue weighted by Gasteiger charge is -2.12. The van der Waals surface area contributed by atoms with Crippen molar-refractivity contribution in [3.63, 3.8) is 0 Å². The molecule has 0 radical (unpaired) electrons. The molecule has 2 amide bonds. The molecule has 12 heteroatoms. The van der Waals surface area contributed by atoms with Crippen molar-refractivity contribution in [3.8, 4) is 11.5 Å². The summed E-state index contributed by atoms with van der Waals surface area (Å²) < 4.78 is 18.7. The molecule has 2 aromatic heterocycles. The van der Waals surface area contributed by atoms with E-state index in [9.17, 15) is 9.59 Å². The van der Waals surface area contributed by atoms with E-state index in [2.05, 4.69) is 41.8 Å². The molecule has 11 nitrogen and oxygen atoms in total. The summed E-state index contributed by atoms with van der Waals surface area (Å²) in [5, 5.41) is 13.6. The molecule has 34 heavy (non-hydrogen) atoms. The minimum absolute atomic E-state index is 0.158. The van der Waals surface area contributed by atoms with Gasteiger partial charge in [-0.05, 0) is 61.8 Å². The Labute approximate surface area is 205 Å². The minimum atomic E-state index is -0.526. The molecular formula is C22H27BrN6O5. The van der Waals surface area contributed by atoms with Gasteiger partial charge in [-0.25, -0.2) is 0 Å². The van der Waals surface area contributed by atoms with Crippen molar-refractivity contribution in [2.24, 2.45) is 0 Å². The number of nitrogens with one attached hydrogen (secondary N) is 2. The highest BCUT2D eigenvalue weighted by atomic mass is 79.9. The zero-order chi connectivity index (χ0) is 24.7. The largest absolute Gasteiger partial charge is 0.490 e. The Morgan fingerprint density at radius 1 is 1.06 bits per heavy atom. The molecule has 0 aliphatic rings. The van der Waals surface area contributed by atoms with Gasteiger partial charge in [-0.3, -0.25) is 14.3 Å². The van der Waals surface area contributed by atoms with Gasteiger partial charge in [0.2, 0.25) is 0 Å². The molecular weight excluding hydrogens is 508 g/mol. The molecule has 0 aliphatic heterocycles.